The van der Waals surface area contributed by atoms with Gasteiger partial charge in [-0.25, -0.2) is 0 Å². The summed E-state index contributed by atoms with van der Waals surface area (Å²) in [4.78, 5) is 11.5. The summed E-state index contributed by atoms with van der Waals surface area (Å²) in [7, 11) is 1.67. The predicted molar refractivity (Wildman–Crippen MR) is 68.7 cm³/mol. The standard InChI is InChI=1S/C13H27NO3/c1-11(2)8-12(10-14)9-13(15)17-7-5-4-6-16-3/h11-12H,4-10,14H2,1-3H3/t12-/m0/s1. The number of hydrogen-bond acceptors (Lipinski definition) is 4. The molecule has 0 radical (unpaired) electrons. The molecular weight excluding hydrogens is 218 g/mol. The van der Waals surface area contributed by atoms with Crippen LogP contribution in [0.2, 0.25) is 0 Å². The van der Waals surface area contributed by atoms with Crippen LogP contribution in [0.15, 0.2) is 0 Å². The van der Waals surface area contributed by atoms with Crippen LogP contribution >= 0.6 is 0 Å². The van der Waals surface area contributed by atoms with E-state index in [1.807, 2.05) is 0 Å². The van der Waals surface area contributed by atoms with Crippen molar-refractivity contribution in [3.8, 4) is 0 Å². The van der Waals surface area contributed by atoms with Gasteiger partial charge in [0.1, 0.15) is 0 Å². The van der Waals surface area contributed by atoms with Crippen LogP contribution < -0.4 is 5.73 Å². The van der Waals surface area contributed by atoms with Gasteiger partial charge in [-0.3, -0.25) is 4.79 Å². The number of ether oxygens (including phenoxy) is 2. The second kappa shape index (κ2) is 10.5. The molecule has 102 valence electrons. The third kappa shape index (κ3) is 10.3. The van der Waals surface area contributed by atoms with Crippen molar-refractivity contribution in [2.75, 3.05) is 26.9 Å². The molecule has 0 aromatic carbocycles. The Morgan fingerprint density at radius 2 is 1.88 bits per heavy atom. The smallest absolute Gasteiger partial charge is 0.306 e. The SMILES string of the molecule is COCCCCOC(=O)C[C@@H](CN)CC(C)C. The Hall–Kier alpha value is -0.610. The van der Waals surface area contributed by atoms with E-state index in [0.29, 0.717) is 25.5 Å². The number of carbonyl (C=O) groups excluding carboxylic acids is 1. The number of methoxy groups -OCH3 is 1. The highest BCUT2D eigenvalue weighted by Gasteiger charge is 2.14. The summed E-state index contributed by atoms with van der Waals surface area (Å²) in [6.07, 6.45) is 3.21. The topological polar surface area (TPSA) is 61.5 Å². The number of carbonyl (C=O) groups is 1. The third-order valence-corrected chi connectivity index (χ3v) is 2.60. The maximum absolute atomic E-state index is 11.5. The molecule has 0 bridgehead atoms. The highest BCUT2D eigenvalue weighted by atomic mass is 16.5. The summed E-state index contributed by atoms with van der Waals surface area (Å²) in [6.45, 7) is 6.03. The maximum Gasteiger partial charge on any atom is 0.306 e. The average molecular weight is 245 g/mol. The van der Waals surface area contributed by atoms with Crippen LogP contribution in [0.25, 0.3) is 0 Å². The number of unbranched alkanes of at least 4 members (excludes halogenated alkanes) is 1. The number of hydrogen-bond donors (Lipinski definition) is 1. The lowest BCUT2D eigenvalue weighted by Crippen LogP contribution is -2.21. The fourth-order valence-corrected chi connectivity index (χ4v) is 1.76. The first-order valence-electron chi connectivity index (χ1n) is 6.44. The molecule has 0 rings (SSSR count). The van der Waals surface area contributed by atoms with Crippen molar-refractivity contribution in [3.05, 3.63) is 0 Å². The van der Waals surface area contributed by atoms with Gasteiger partial charge in [-0.2, -0.15) is 0 Å². The van der Waals surface area contributed by atoms with Gasteiger partial charge in [-0.15, -0.1) is 0 Å². The first-order valence-corrected chi connectivity index (χ1v) is 6.44. The highest BCUT2D eigenvalue weighted by molar-refractivity contribution is 5.69. The molecule has 0 aromatic heterocycles. The molecule has 4 heteroatoms. The molecule has 0 saturated heterocycles. The lowest BCUT2D eigenvalue weighted by atomic mass is 9.94. The van der Waals surface area contributed by atoms with E-state index in [9.17, 15) is 4.79 Å². The van der Waals surface area contributed by atoms with Crippen LogP contribution in [0.4, 0.5) is 0 Å². The summed E-state index contributed by atoms with van der Waals surface area (Å²) in [5.74, 6) is 0.693. The van der Waals surface area contributed by atoms with Crippen molar-refractivity contribution >= 4 is 5.97 Å². The fourth-order valence-electron chi connectivity index (χ4n) is 1.76. The Kier molecular flexibility index (Phi) is 10.2. The van der Waals surface area contributed by atoms with Crippen LogP contribution in [0.5, 0.6) is 0 Å². The predicted octanol–water partition coefficient (Wildman–Crippen LogP) is 1.97. The van der Waals surface area contributed by atoms with Gasteiger partial charge < -0.3 is 15.2 Å². The van der Waals surface area contributed by atoms with Crippen molar-refractivity contribution in [2.45, 2.75) is 39.5 Å². The molecule has 0 aliphatic heterocycles. The quantitative estimate of drug-likeness (QED) is 0.472. The Labute approximate surface area is 105 Å². The van der Waals surface area contributed by atoms with Gasteiger partial charge in [0.2, 0.25) is 0 Å². The maximum atomic E-state index is 11.5. The fraction of sp³-hybridized carbons (Fsp3) is 0.923. The van der Waals surface area contributed by atoms with Gasteiger partial charge >= 0.3 is 5.97 Å². The summed E-state index contributed by atoms with van der Waals surface area (Å²) >= 11 is 0. The lowest BCUT2D eigenvalue weighted by molar-refractivity contribution is -0.145. The van der Waals surface area contributed by atoms with E-state index in [2.05, 4.69) is 13.8 Å². The van der Waals surface area contributed by atoms with Crippen LogP contribution in [0.1, 0.15) is 39.5 Å². The Morgan fingerprint density at radius 1 is 1.24 bits per heavy atom. The van der Waals surface area contributed by atoms with E-state index >= 15 is 0 Å². The summed E-state index contributed by atoms with van der Waals surface area (Å²) < 4.78 is 10.1. The second-order valence-electron chi connectivity index (χ2n) is 4.86. The van der Waals surface area contributed by atoms with E-state index in [0.717, 1.165) is 25.9 Å². The van der Waals surface area contributed by atoms with Gasteiger partial charge in [-0.1, -0.05) is 13.8 Å². The Bertz CT molecular complexity index is 195. The van der Waals surface area contributed by atoms with Crippen LogP contribution in [0, 0.1) is 11.8 Å². The molecule has 0 unspecified atom stereocenters. The first kappa shape index (κ1) is 16.4. The van der Waals surface area contributed by atoms with E-state index < -0.39 is 0 Å². The largest absolute Gasteiger partial charge is 0.466 e. The summed E-state index contributed by atoms with van der Waals surface area (Å²) in [6, 6.07) is 0. The zero-order valence-electron chi connectivity index (χ0n) is 11.4. The number of esters is 1. The van der Waals surface area contributed by atoms with Crippen LogP contribution in [-0.2, 0) is 14.3 Å². The summed E-state index contributed by atoms with van der Waals surface area (Å²) in [5, 5.41) is 0. The molecule has 0 amide bonds. The van der Waals surface area contributed by atoms with Gasteiger partial charge in [0.05, 0.1) is 6.61 Å². The van der Waals surface area contributed by atoms with Gasteiger partial charge in [-0.05, 0) is 37.6 Å². The van der Waals surface area contributed by atoms with Crippen LogP contribution in [0.3, 0.4) is 0 Å². The number of rotatable bonds is 10. The Morgan fingerprint density at radius 3 is 2.41 bits per heavy atom. The van der Waals surface area contributed by atoms with Crippen LogP contribution in [-0.4, -0.2) is 32.8 Å². The van der Waals surface area contributed by atoms with E-state index in [4.69, 9.17) is 15.2 Å². The molecule has 0 fully saturated rings. The second-order valence-corrected chi connectivity index (χ2v) is 4.86. The van der Waals surface area contributed by atoms with E-state index in [1.54, 1.807) is 7.11 Å². The van der Waals surface area contributed by atoms with Gasteiger partial charge in [0.25, 0.3) is 0 Å². The molecule has 17 heavy (non-hydrogen) atoms. The highest BCUT2D eigenvalue weighted by Crippen LogP contribution is 2.14. The monoisotopic (exact) mass is 245 g/mol. The minimum Gasteiger partial charge on any atom is -0.466 e. The third-order valence-electron chi connectivity index (χ3n) is 2.60. The number of nitrogens with two attached hydrogens (primary N) is 1. The molecule has 2 N–H and O–H groups in total. The molecule has 0 aliphatic carbocycles. The molecule has 1 atom stereocenters. The minimum absolute atomic E-state index is 0.126. The Balaban J connectivity index is 3.61. The zero-order valence-corrected chi connectivity index (χ0v) is 11.4. The van der Waals surface area contributed by atoms with E-state index in [1.165, 1.54) is 0 Å². The van der Waals surface area contributed by atoms with Crippen molar-refractivity contribution in [1.82, 2.24) is 0 Å². The molecule has 0 heterocycles. The van der Waals surface area contributed by atoms with Gasteiger partial charge in [0.15, 0.2) is 0 Å². The first-order chi connectivity index (χ1) is 8.10. The molecule has 0 saturated carbocycles. The minimum atomic E-state index is -0.126. The lowest BCUT2D eigenvalue weighted by Gasteiger charge is -2.16. The molecule has 0 aliphatic rings. The van der Waals surface area contributed by atoms with Crippen molar-refractivity contribution in [1.29, 1.82) is 0 Å². The molecule has 4 nitrogen and oxygen atoms in total. The van der Waals surface area contributed by atoms with Crippen molar-refractivity contribution < 1.29 is 14.3 Å². The molecule has 0 aromatic rings. The van der Waals surface area contributed by atoms with Gasteiger partial charge in [0, 0.05) is 20.1 Å². The van der Waals surface area contributed by atoms with Crippen molar-refractivity contribution in [2.24, 2.45) is 17.6 Å². The molecular formula is C13H27NO3. The average Bonchev–Trinajstić information content (AvgIpc) is 2.27. The zero-order chi connectivity index (χ0) is 13.1. The van der Waals surface area contributed by atoms with Crippen molar-refractivity contribution in [3.63, 3.8) is 0 Å². The van der Waals surface area contributed by atoms with E-state index in [-0.39, 0.29) is 11.9 Å². The molecule has 0 spiro atoms. The summed E-state index contributed by atoms with van der Waals surface area (Å²) in [5.41, 5.74) is 5.64. The normalized spacial score (nSPS) is 12.8.